The number of aromatic carboxylic acids is 1. The molecule has 0 saturated heterocycles. The third-order valence-corrected chi connectivity index (χ3v) is 5.18. The van der Waals surface area contributed by atoms with E-state index in [4.69, 9.17) is 5.11 Å². The van der Waals surface area contributed by atoms with Crippen LogP contribution in [0.25, 0.3) is 5.69 Å². The quantitative estimate of drug-likeness (QED) is 0.325. The summed E-state index contributed by atoms with van der Waals surface area (Å²) in [6, 6.07) is 13.8. The van der Waals surface area contributed by atoms with Gasteiger partial charge in [0.15, 0.2) is 0 Å². The SMILES string of the molecule is Cc1ccc(NC(=O)C(=O)N/N=C\c2cc(C)n(-c3ccc(C(=O)O)cc3)c2C)cc1C. The van der Waals surface area contributed by atoms with E-state index in [1.165, 1.54) is 6.21 Å². The van der Waals surface area contributed by atoms with E-state index in [0.717, 1.165) is 33.8 Å². The summed E-state index contributed by atoms with van der Waals surface area (Å²) in [6.07, 6.45) is 1.46. The second-order valence-corrected chi connectivity index (χ2v) is 7.47. The zero-order valence-electron chi connectivity index (χ0n) is 18.3. The smallest absolute Gasteiger partial charge is 0.335 e. The summed E-state index contributed by atoms with van der Waals surface area (Å²) in [6.45, 7) is 7.68. The van der Waals surface area contributed by atoms with Crippen LogP contribution in [-0.4, -0.2) is 33.7 Å². The summed E-state index contributed by atoms with van der Waals surface area (Å²) in [4.78, 5) is 35.2. The number of anilines is 1. The van der Waals surface area contributed by atoms with E-state index in [9.17, 15) is 14.4 Å². The molecule has 8 nitrogen and oxygen atoms in total. The number of carbonyl (C=O) groups excluding carboxylic acids is 2. The lowest BCUT2D eigenvalue weighted by Crippen LogP contribution is -2.32. The molecular formula is C24H24N4O4. The van der Waals surface area contributed by atoms with Crippen LogP contribution in [0.1, 0.15) is 38.4 Å². The largest absolute Gasteiger partial charge is 0.478 e. The Labute approximate surface area is 185 Å². The van der Waals surface area contributed by atoms with Gasteiger partial charge in [-0.15, -0.1) is 0 Å². The van der Waals surface area contributed by atoms with Gasteiger partial charge in [0.1, 0.15) is 0 Å². The van der Waals surface area contributed by atoms with Crippen molar-refractivity contribution in [3.63, 3.8) is 0 Å². The number of hydrogen-bond donors (Lipinski definition) is 3. The average Bonchev–Trinajstić information content (AvgIpc) is 3.03. The van der Waals surface area contributed by atoms with Crippen molar-refractivity contribution in [1.82, 2.24) is 9.99 Å². The Morgan fingerprint density at radius 3 is 2.22 bits per heavy atom. The van der Waals surface area contributed by atoms with Gasteiger partial charge in [-0.25, -0.2) is 10.2 Å². The minimum atomic E-state index is -0.984. The maximum Gasteiger partial charge on any atom is 0.335 e. The third-order valence-electron chi connectivity index (χ3n) is 5.18. The predicted octanol–water partition coefficient (Wildman–Crippen LogP) is 3.50. The Balaban J connectivity index is 1.68. The average molecular weight is 432 g/mol. The molecule has 2 amide bonds. The van der Waals surface area contributed by atoms with Gasteiger partial charge < -0.3 is 15.0 Å². The van der Waals surface area contributed by atoms with E-state index in [1.54, 1.807) is 36.4 Å². The fourth-order valence-electron chi connectivity index (χ4n) is 3.29. The van der Waals surface area contributed by atoms with Gasteiger partial charge in [-0.05, 0) is 81.3 Å². The summed E-state index contributed by atoms with van der Waals surface area (Å²) in [7, 11) is 0. The molecule has 32 heavy (non-hydrogen) atoms. The molecule has 0 aliphatic heterocycles. The van der Waals surface area contributed by atoms with Gasteiger partial charge in [-0.1, -0.05) is 6.07 Å². The molecule has 0 spiro atoms. The molecule has 2 aromatic carbocycles. The van der Waals surface area contributed by atoms with Crippen LogP contribution in [0.2, 0.25) is 0 Å². The second-order valence-electron chi connectivity index (χ2n) is 7.47. The molecule has 0 bridgehead atoms. The second kappa shape index (κ2) is 9.30. The molecule has 3 rings (SSSR count). The van der Waals surface area contributed by atoms with Crippen molar-refractivity contribution in [2.45, 2.75) is 27.7 Å². The summed E-state index contributed by atoms with van der Waals surface area (Å²) in [5.74, 6) is -2.67. The Morgan fingerprint density at radius 2 is 1.59 bits per heavy atom. The minimum Gasteiger partial charge on any atom is -0.478 e. The van der Waals surface area contributed by atoms with Gasteiger partial charge >= 0.3 is 17.8 Å². The molecular weight excluding hydrogens is 408 g/mol. The lowest BCUT2D eigenvalue weighted by atomic mass is 10.1. The first-order chi connectivity index (χ1) is 15.2. The lowest BCUT2D eigenvalue weighted by molar-refractivity contribution is -0.136. The van der Waals surface area contributed by atoms with Crippen molar-refractivity contribution in [1.29, 1.82) is 0 Å². The van der Waals surface area contributed by atoms with E-state index in [0.29, 0.717) is 5.69 Å². The number of aryl methyl sites for hydroxylation is 3. The van der Waals surface area contributed by atoms with Crippen LogP contribution in [0, 0.1) is 27.7 Å². The predicted molar refractivity (Wildman–Crippen MR) is 122 cm³/mol. The van der Waals surface area contributed by atoms with Gasteiger partial charge in [0.05, 0.1) is 11.8 Å². The van der Waals surface area contributed by atoms with Crippen LogP contribution >= 0.6 is 0 Å². The molecule has 0 saturated carbocycles. The molecule has 0 aliphatic rings. The standard InChI is InChI=1S/C24H24N4O4/c1-14-5-8-20(11-15(14)2)26-22(29)23(30)27-25-13-19-12-16(3)28(17(19)4)21-9-6-18(7-10-21)24(31)32/h5-13H,1-4H3,(H,26,29)(H,27,30)(H,31,32)/b25-13-. The molecule has 0 fully saturated rings. The summed E-state index contributed by atoms with van der Waals surface area (Å²) >= 11 is 0. The van der Waals surface area contributed by atoms with Crippen molar-refractivity contribution >= 4 is 29.7 Å². The normalized spacial score (nSPS) is 10.9. The van der Waals surface area contributed by atoms with Crippen molar-refractivity contribution in [2.75, 3.05) is 5.32 Å². The number of carboxylic acids is 1. The fourth-order valence-corrected chi connectivity index (χ4v) is 3.29. The number of hydrogen-bond acceptors (Lipinski definition) is 4. The van der Waals surface area contributed by atoms with Crippen LogP contribution < -0.4 is 10.7 Å². The van der Waals surface area contributed by atoms with Gasteiger partial charge in [0.2, 0.25) is 0 Å². The maximum atomic E-state index is 12.1. The number of nitrogens with one attached hydrogen (secondary N) is 2. The fraction of sp³-hybridized carbons (Fsp3) is 0.167. The van der Waals surface area contributed by atoms with E-state index < -0.39 is 17.8 Å². The highest BCUT2D eigenvalue weighted by molar-refractivity contribution is 6.39. The first-order valence-electron chi connectivity index (χ1n) is 9.91. The van der Waals surface area contributed by atoms with Crippen LogP contribution in [0.15, 0.2) is 53.6 Å². The van der Waals surface area contributed by atoms with Crippen molar-refractivity contribution in [3.05, 3.63) is 82.2 Å². The van der Waals surface area contributed by atoms with E-state index in [-0.39, 0.29) is 5.56 Å². The van der Waals surface area contributed by atoms with Crippen LogP contribution in [0.5, 0.6) is 0 Å². The molecule has 164 valence electrons. The zero-order valence-corrected chi connectivity index (χ0v) is 18.3. The summed E-state index contributed by atoms with van der Waals surface area (Å²) < 4.78 is 1.95. The number of nitrogens with zero attached hydrogens (tertiary/aromatic N) is 2. The first-order valence-corrected chi connectivity index (χ1v) is 9.91. The van der Waals surface area contributed by atoms with Crippen LogP contribution in [0.4, 0.5) is 5.69 Å². The minimum absolute atomic E-state index is 0.208. The highest BCUT2D eigenvalue weighted by Crippen LogP contribution is 2.20. The monoisotopic (exact) mass is 432 g/mol. The molecule has 0 unspecified atom stereocenters. The molecule has 3 N–H and O–H groups in total. The first kappa shape index (κ1) is 22.5. The van der Waals surface area contributed by atoms with Gasteiger partial charge in [-0.2, -0.15) is 5.10 Å². The molecule has 8 heteroatoms. The molecule has 0 atom stereocenters. The Bertz CT molecular complexity index is 1220. The Hall–Kier alpha value is -4.20. The highest BCUT2D eigenvalue weighted by Gasteiger charge is 2.14. The number of hydrazone groups is 1. The number of aromatic nitrogens is 1. The van der Waals surface area contributed by atoms with E-state index in [1.807, 2.05) is 44.4 Å². The molecule has 1 aromatic heterocycles. The van der Waals surface area contributed by atoms with E-state index in [2.05, 4.69) is 15.8 Å². The third kappa shape index (κ3) is 4.92. The van der Waals surface area contributed by atoms with Crippen molar-refractivity contribution in [3.8, 4) is 5.69 Å². The van der Waals surface area contributed by atoms with Gasteiger partial charge in [-0.3, -0.25) is 9.59 Å². The van der Waals surface area contributed by atoms with Crippen molar-refractivity contribution < 1.29 is 19.5 Å². The lowest BCUT2D eigenvalue weighted by Gasteiger charge is -2.09. The Kier molecular flexibility index (Phi) is 6.53. The maximum absolute atomic E-state index is 12.1. The van der Waals surface area contributed by atoms with Gasteiger partial charge in [0.25, 0.3) is 0 Å². The number of amides is 2. The molecule has 1 heterocycles. The number of benzene rings is 2. The summed E-state index contributed by atoms with van der Waals surface area (Å²) in [5.41, 5.74) is 8.40. The van der Waals surface area contributed by atoms with Crippen LogP contribution in [0.3, 0.4) is 0 Å². The molecule has 0 radical (unpaired) electrons. The number of carbonyl (C=O) groups is 3. The summed E-state index contributed by atoms with van der Waals surface area (Å²) in [5, 5.41) is 15.5. The zero-order chi connectivity index (χ0) is 23.4. The molecule has 0 aliphatic carbocycles. The topological polar surface area (TPSA) is 113 Å². The molecule has 3 aromatic rings. The van der Waals surface area contributed by atoms with Gasteiger partial charge in [0, 0.05) is 28.3 Å². The van der Waals surface area contributed by atoms with Crippen molar-refractivity contribution in [2.24, 2.45) is 5.10 Å². The number of rotatable bonds is 5. The highest BCUT2D eigenvalue weighted by atomic mass is 16.4. The Morgan fingerprint density at radius 1 is 0.906 bits per heavy atom. The number of carboxylic acid groups (broad SMARTS) is 1. The van der Waals surface area contributed by atoms with E-state index >= 15 is 0 Å². The van der Waals surface area contributed by atoms with Crippen LogP contribution in [-0.2, 0) is 9.59 Å².